The number of rotatable bonds is 7. The van der Waals surface area contributed by atoms with Crippen LogP contribution in [0.3, 0.4) is 0 Å². The molecule has 3 heteroatoms. The van der Waals surface area contributed by atoms with Crippen molar-refractivity contribution >= 4 is 0 Å². The molecule has 3 nitrogen and oxygen atoms in total. The van der Waals surface area contributed by atoms with Gasteiger partial charge in [0.25, 0.3) is 0 Å². The van der Waals surface area contributed by atoms with Gasteiger partial charge in [-0.05, 0) is 30.9 Å². The molecule has 0 radical (unpaired) electrons. The number of benzene rings is 1. The van der Waals surface area contributed by atoms with Gasteiger partial charge in [0, 0.05) is 19.2 Å². The van der Waals surface area contributed by atoms with E-state index in [1.807, 2.05) is 25.1 Å². The average molecular weight is 237 g/mol. The zero-order valence-corrected chi connectivity index (χ0v) is 10.9. The van der Waals surface area contributed by atoms with Crippen molar-refractivity contribution in [3.05, 3.63) is 29.8 Å². The molecule has 0 aliphatic carbocycles. The van der Waals surface area contributed by atoms with Crippen LogP contribution in [0, 0.1) is 5.92 Å². The molecular weight excluding hydrogens is 214 g/mol. The normalized spacial score (nSPS) is 14.4. The van der Waals surface area contributed by atoms with Crippen LogP contribution in [-0.2, 0) is 6.42 Å². The monoisotopic (exact) mass is 237 g/mol. The molecule has 0 heterocycles. The van der Waals surface area contributed by atoms with Crippen LogP contribution in [0.25, 0.3) is 0 Å². The van der Waals surface area contributed by atoms with Crippen molar-refractivity contribution in [3.63, 3.8) is 0 Å². The maximum atomic E-state index is 8.96. The standard InChI is InChI=1S/C14H23NO2/c1-11(10-16)9-15-12(2)8-13-6-4-5-7-14(13)17-3/h4-7,11-12,15-16H,8-10H2,1-3H3. The fraction of sp³-hybridized carbons (Fsp3) is 0.571. The molecule has 0 spiro atoms. The Labute approximate surface area is 104 Å². The Hall–Kier alpha value is -1.06. The summed E-state index contributed by atoms with van der Waals surface area (Å²) in [6.45, 7) is 5.25. The van der Waals surface area contributed by atoms with E-state index < -0.39 is 0 Å². The Kier molecular flexibility index (Phi) is 6.01. The number of methoxy groups -OCH3 is 1. The lowest BCUT2D eigenvalue weighted by Crippen LogP contribution is -2.33. The van der Waals surface area contributed by atoms with E-state index >= 15 is 0 Å². The first kappa shape index (κ1) is 14.0. The van der Waals surface area contributed by atoms with E-state index in [2.05, 4.69) is 18.3 Å². The second-order valence-electron chi connectivity index (χ2n) is 4.61. The summed E-state index contributed by atoms with van der Waals surface area (Å²) in [5.74, 6) is 1.24. The summed E-state index contributed by atoms with van der Waals surface area (Å²) in [5, 5.41) is 12.4. The van der Waals surface area contributed by atoms with Gasteiger partial charge in [-0.3, -0.25) is 0 Å². The van der Waals surface area contributed by atoms with Gasteiger partial charge < -0.3 is 15.2 Å². The molecule has 1 aromatic carbocycles. The maximum Gasteiger partial charge on any atom is 0.122 e. The topological polar surface area (TPSA) is 41.5 Å². The third-order valence-corrected chi connectivity index (χ3v) is 2.85. The minimum absolute atomic E-state index is 0.231. The third kappa shape index (κ3) is 4.75. The molecule has 0 aliphatic heterocycles. The van der Waals surface area contributed by atoms with Crippen LogP contribution in [0.2, 0.25) is 0 Å². The Morgan fingerprint density at radius 1 is 1.29 bits per heavy atom. The highest BCUT2D eigenvalue weighted by atomic mass is 16.5. The second kappa shape index (κ2) is 7.30. The number of nitrogens with one attached hydrogen (secondary N) is 1. The summed E-state index contributed by atoms with van der Waals surface area (Å²) in [6.07, 6.45) is 0.933. The van der Waals surface area contributed by atoms with Crippen LogP contribution in [0.4, 0.5) is 0 Å². The summed E-state index contributed by atoms with van der Waals surface area (Å²) in [4.78, 5) is 0. The van der Waals surface area contributed by atoms with Crippen molar-refractivity contribution in [2.24, 2.45) is 5.92 Å². The van der Waals surface area contributed by atoms with Gasteiger partial charge in [0.2, 0.25) is 0 Å². The van der Waals surface area contributed by atoms with Crippen molar-refractivity contribution in [3.8, 4) is 5.75 Å². The van der Waals surface area contributed by atoms with Crippen molar-refractivity contribution in [2.45, 2.75) is 26.3 Å². The molecule has 2 unspecified atom stereocenters. The van der Waals surface area contributed by atoms with Gasteiger partial charge in [0.05, 0.1) is 7.11 Å². The van der Waals surface area contributed by atoms with E-state index in [4.69, 9.17) is 9.84 Å². The van der Waals surface area contributed by atoms with Gasteiger partial charge in [-0.1, -0.05) is 25.1 Å². The van der Waals surface area contributed by atoms with E-state index in [1.165, 1.54) is 5.56 Å². The maximum absolute atomic E-state index is 8.96. The lowest BCUT2D eigenvalue weighted by atomic mass is 10.1. The summed E-state index contributed by atoms with van der Waals surface area (Å²) < 4.78 is 5.33. The number of hydrogen-bond acceptors (Lipinski definition) is 3. The second-order valence-corrected chi connectivity index (χ2v) is 4.61. The molecule has 1 aromatic rings. The van der Waals surface area contributed by atoms with E-state index in [9.17, 15) is 0 Å². The minimum atomic E-state index is 0.231. The van der Waals surface area contributed by atoms with Crippen LogP contribution < -0.4 is 10.1 Å². The van der Waals surface area contributed by atoms with Gasteiger partial charge in [0.1, 0.15) is 5.75 Å². The highest BCUT2D eigenvalue weighted by Gasteiger charge is 2.08. The van der Waals surface area contributed by atoms with Crippen molar-refractivity contribution in [1.29, 1.82) is 0 Å². The van der Waals surface area contributed by atoms with Crippen LogP contribution in [0.1, 0.15) is 19.4 Å². The minimum Gasteiger partial charge on any atom is -0.496 e. The first-order chi connectivity index (χ1) is 8.17. The van der Waals surface area contributed by atoms with E-state index in [-0.39, 0.29) is 6.61 Å². The quantitative estimate of drug-likeness (QED) is 0.760. The van der Waals surface area contributed by atoms with Crippen LogP contribution >= 0.6 is 0 Å². The molecule has 17 heavy (non-hydrogen) atoms. The number of aliphatic hydroxyl groups is 1. The molecule has 0 bridgehead atoms. The molecular formula is C14H23NO2. The van der Waals surface area contributed by atoms with Gasteiger partial charge in [0.15, 0.2) is 0 Å². The lowest BCUT2D eigenvalue weighted by Gasteiger charge is -2.17. The molecule has 0 saturated heterocycles. The first-order valence-electron chi connectivity index (χ1n) is 6.13. The number of aliphatic hydroxyl groups excluding tert-OH is 1. The Balaban J connectivity index is 2.47. The van der Waals surface area contributed by atoms with Crippen LogP contribution in [0.15, 0.2) is 24.3 Å². The van der Waals surface area contributed by atoms with E-state index in [0.717, 1.165) is 18.7 Å². The average Bonchev–Trinajstić information content (AvgIpc) is 2.36. The molecule has 0 fully saturated rings. The van der Waals surface area contributed by atoms with Gasteiger partial charge in [-0.2, -0.15) is 0 Å². The Bertz CT molecular complexity index is 328. The number of hydrogen-bond donors (Lipinski definition) is 2. The highest BCUT2D eigenvalue weighted by Crippen LogP contribution is 2.18. The van der Waals surface area contributed by atoms with E-state index in [1.54, 1.807) is 7.11 Å². The fourth-order valence-electron chi connectivity index (χ4n) is 1.74. The van der Waals surface area contributed by atoms with Crippen molar-refractivity contribution in [2.75, 3.05) is 20.3 Å². The predicted molar refractivity (Wildman–Crippen MR) is 70.4 cm³/mol. The smallest absolute Gasteiger partial charge is 0.122 e. The summed E-state index contributed by atoms with van der Waals surface area (Å²) in [6, 6.07) is 8.46. The lowest BCUT2D eigenvalue weighted by molar-refractivity contribution is 0.230. The highest BCUT2D eigenvalue weighted by molar-refractivity contribution is 5.33. The summed E-state index contributed by atoms with van der Waals surface area (Å²) in [7, 11) is 1.70. The first-order valence-corrected chi connectivity index (χ1v) is 6.13. The molecule has 0 aliphatic rings. The number of para-hydroxylation sites is 1. The van der Waals surface area contributed by atoms with Gasteiger partial charge in [-0.25, -0.2) is 0 Å². The zero-order valence-electron chi connectivity index (χ0n) is 10.9. The molecule has 1 rings (SSSR count). The molecule has 0 saturated carbocycles. The van der Waals surface area contributed by atoms with Crippen LogP contribution in [-0.4, -0.2) is 31.4 Å². The molecule has 96 valence electrons. The zero-order chi connectivity index (χ0) is 12.7. The fourth-order valence-corrected chi connectivity index (χ4v) is 1.74. The van der Waals surface area contributed by atoms with Gasteiger partial charge >= 0.3 is 0 Å². The SMILES string of the molecule is COc1ccccc1CC(C)NCC(C)CO. The van der Waals surface area contributed by atoms with E-state index in [0.29, 0.717) is 12.0 Å². The molecule has 2 N–H and O–H groups in total. The largest absolute Gasteiger partial charge is 0.496 e. The Morgan fingerprint density at radius 3 is 2.65 bits per heavy atom. The number of ether oxygens (including phenoxy) is 1. The van der Waals surface area contributed by atoms with Crippen LogP contribution in [0.5, 0.6) is 5.75 Å². The van der Waals surface area contributed by atoms with Gasteiger partial charge in [-0.15, -0.1) is 0 Å². The molecule has 0 amide bonds. The third-order valence-electron chi connectivity index (χ3n) is 2.85. The predicted octanol–water partition coefficient (Wildman–Crippen LogP) is 1.84. The summed E-state index contributed by atoms with van der Waals surface area (Å²) in [5.41, 5.74) is 1.21. The van der Waals surface area contributed by atoms with Crippen molar-refractivity contribution in [1.82, 2.24) is 5.32 Å². The molecule has 2 atom stereocenters. The van der Waals surface area contributed by atoms with Crippen molar-refractivity contribution < 1.29 is 9.84 Å². The summed E-state index contributed by atoms with van der Waals surface area (Å²) >= 11 is 0. The Morgan fingerprint density at radius 2 is 2.00 bits per heavy atom. The molecule has 0 aromatic heterocycles.